The summed E-state index contributed by atoms with van der Waals surface area (Å²) in [5, 5.41) is 22.4. The number of hydrogen-bond acceptors (Lipinski definition) is 11. The van der Waals surface area contributed by atoms with Crippen molar-refractivity contribution in [3.8, 4) is 0 Å². The SMILES string of the molecule is C=CC[C@@H]1/C=C(/C)C[C@H](C)C[C@H](OC)[C@H]2O[C@@](O)(C(=O)C(=O)N3CCCC[C@H]3C(=O)O[C@H](/C(C)=C/[C@@H]3CC[C@@H](O)[C@H](OC)C3)[C@H](C)/C=C/C1=O)[C@H](C)C[C@@H]2OC. The molecule has 2 saturated heterocycles. The third-order valence-corrected chi connectivity index (χ3v) is 12.4. The van der Waals surface area contributed by atoms with Crippen LogP contribution in [0.5, 0.6) is 0 Å². The Morgan fingerprint density at radius 2 is 1.66 bits per heavy atom. The maximum absolute atomic E-state index is 14.3. The molecular weight excluding hydrogens is 718 g/mol. The number of allylic oxidation sites excluding steroid dienone is 5. The van der Waals surface area contributed by atoms with Crippen LogP contribution in [0.2, 0.25) is 0 Å². The summed E-state index contributed by atoms with van der Waals surface area (Å²) in [5.74, 6) is -7.00. The standard InChI is InChI=1S/C44H67NO11/c1-10-13-32-21-26(2)20-27(3)22-37(53-8)40-38(54-9)24-30(6)44(51,56-40)41(48)42(49)45-19-12-11-14-33(45)43(50)55-39(28(4)15-17-34(32)46)29(5)23-31-16-18-35(47)36(25-31)52-7/h10,15,17,21,23,27-28,30-33,35-40,47,51H,1,11-14,16,18-20,22,24-25H2,2-9H3/b17-15+,26-21-,29-23+/t27-,28+,30+,31-,32+,33-,35+,36+,37-,38-,39-,40+,44+/m0/s1. The van der Waals surface area contributed by atoms with E-state index in [1.54, 1.807) is 32.3 Å². The molecule has 0 aromatic rings. The van der Waals surface area contributed by atoms with Crippen molar-refractivity contribution in [3.05, 3.63) is 48.1 Å². The van der Waals surface area contributed by atoms with Crippen LogP contribution in [-0.4, -0.2) is 115 Å². The molecule has 3 aliphatic heterocycles. The lowest BCUT2D eigenvalue weighted by atomic mass is 9.82. The molecule has 1 amide bonds. The molecule has 0 aromatic carbocycles. The van der Waals surface area contributed by atoms with Gasteiger partial charge in [0.2, 0.25) is 5.79 Å². The first kappa shape index (κ1) is 45.7. The number of aliphatic hydroxyl groups is 2. The number of nitrogens with zero attached hydrogens (tertiary/aromatic N) is 1. The molecule has 0 aromatic heterocycles. The van der Waals surface area contributed by atoms with E-state index in [1.165, 1.54) is 19.1 Å². The average Bonchev–Trinajstić information content (AvgIpc) is 3.18. The molecule has 1 saturated carbocycles. The molecule has 2 N–H and O–H groups in total. The van der Waals surface area contributed by atoms with E-state index in [-0.39, 0.29) is 43.1 Å². The minimum absolute atomic E-state index is 0.0469. The summed E-state index contributed by atoms with van der Waals surface area (Å²) in [6, 6.07) is -1.08. The lowest BCUT2D eigenvalue weighted by molar-refractivity contribution is -0.302. The molecule has 3 heterocycles. The van der Waals surface area contributed by atoms with Gasteiger partial charge in [-0.2, -0.15) is 0 Å². The molecule has 12 heteroatoms. The van der Waals surface area contributed by atoms with Crippen LogP contribution in [0.15, 0.2) is 48.1 Å². The third-order valence-electron chi connectivity index (χ3n) is 12.4. The third kappa shape index (κ3) is 10.9. The van der Waals surface area contributed by atoms with E-state index in [9.17, 15) is 29.4 Å². The highest BCUT2D eigenvalue weighted by Gasteiger charge is 2.56. The van der Waals surface area contributed by atoms with Gasteiger partial charge in [0.1, 0.15) is 18.2 Å². The summed E-state index contributed by atoms with van der Waals surface area (Å²) in [6.07, 6.45) is 10.5. The summed E-state index contributed by atoms with van der Waals surface area (Å²) in [6.45, 7) is 13.5. The van der Waals surface area contributed by atoms with Gasteiger partial charge in [-0.25, -0.2) is 4.79 Å². The van der Waals surface area contributed by atoms with Gasteiger partial charge in [0.15, 0.2) is 5.78 Å². The summed E-state index contributed by atoms with van der Waals surface area (Å²) in [5.41, 5.74) is 1.77. The summed E-state index contributed by atoms with van der Waals surface area (Å²) < 4.78 is 29.8. The molecule has 13 atom stereocenters. The number of methoxy groups -OCH3 is 3. The van der Waals surface area contributed by atoms with Crippen LogP contribution in [0.3, 0.4) is 0 Å². The number of aliphatic hydroxyl groups excluding tert-OH is 1. The summed E-state index contributed by atoms with van der Waals surface area (Å²) >= 11 is 0. The molecule has 0 unspecified atom stereocenters. The number of carbonyl (C=O) groups excluding carboxylic acids is 4. The first-order valence-corrected chi connectivity index (χ1v) is 20.5. The molecule has 314 valence electrons. The van der Waals surface area contributed by atoms with Gasteiger partial charge in [-0.05, 0) is 102 Å². The Labute approximate surface area is 333 Å². The van der Waals surface area contributed by atoms with Crippen LogP contribution in [0.4, 0.5) is 0 Å². The Morgan fingerprint density at radius 1 is 0.982 bits per heavy atom. The Bertz CT molecular complexity index is 1490. The average molecular weight is 786 g/mol. The number of hydrogen-bond donors (Lipinski definition) is 2. The van der Waals surface area contributed by atoms with Crippen molar-refractivity contribution in [2.45, 2.75) is 147 Å². The van der Waals surface area contributed by atoms with Gasteiger partial charge in [0, 0.05) is 45.6 Å². The van der Waals surface area contributed by atoms with Gasteiger partial charge in [-0.1, -0.05) is 50.6 Å². The fraction of sp³-hybridized carbons (Fsp3) is 0.727. The largest absolute Gasteiger partial charge is 0.456 e. The van der Waals surface area contributed by atoms with Crippen molar-refractivity contribution in [1.29, 1.82) is 0 Å². The van der Waals surface area contributed by atoms with E-state index in [0.717, 1.165) is 17.6 Å². The van der Waals surface area contributed by atoms with E-state index in [2.05, 4.69) is 19.6 Å². The van der Waals surface area contributed by atoms with Crippen LogP contribution in [-0.2, 0) is 42.9 Å². The highest BCUT2D eigenvalue weighted by atomic mass is 16.7. The van der Waals surface area contributed by atoms with Gasteiger partial charge >= 0.3 is 5.97 Å². The van der Waals surface area contributed by atoms with Crippen LogP contribution < -0.4 is 0 Å². The van der Waals surface area contributed by atoms with E-state index >= 15 is 0 Å². The second kappa shape index (κ2) is 20.6. The molecule has 4 rings (SSSR count). The zero-order valence-corrected chi connectivity index (χ0v) is 34.8. The van der Waals surface area contributed by atoms with Crippen LogP contribution in [0.1, 0.15) is 98.8 Å². The Hall–Kier alpha value is -3.00. The lowest BCUT2D eigenvalue weighted by Crippen LogP contribution is -2.64. The van der Waals surface area contributed by atoms with Crippen molar-refractivity contribution in [2.24, 2.45) is 29.6 Å². The summed E-state index contributed by atoms with van der Waals surface area (Å²) in [4.78, 5) is 57.6. The van der Waals surface area contributed by atoms with Crippen molar-refractivity contribution in [2.75, 3.05) is 27.9 Å². The van der Waals surface area contributed by atoms with Gasteiger partial charge in [-0.15, -0.1) is 6.58 Å². The number of piperidine rings is 1. The van der Waals surface area contributed by atoms with Gasteiger partial charge in [0.25, 0.3) is 11.7 Å². The molecular formula is C44H67NO11. The first-order valence-electron chi connectivity index (χ1n) is 20.5. The number of fused-ring (bicyclic) bond motifs is 3. The maximum Gasteiger partial charge on any atom is 0.329 e. The topological polar surface area (TPSA) is 158 Å². The number of Topliss-reactive ketones (excluding diaryl/α,β-unsaturated/α-hetero) is 1. The molecule has 0 spiro atoms. The molecule has 2 bridgehead atoms. The number of cyclic esters (lactones) is 1. The fourth-order valence-electron chi connectivity index (χ4n) is 9.12. The molecule has 0 radical (unpaired) electrons. The first-order chi connectivity index (χ1) is 26.6. The molecule has 56 heavy (non-hydrogen) atoms. The fourth-order valence-corrected chi connectivity index (χ4v) is 9.12. The number of ether oxygens (including phenoxy) is 5. The number of amides is 1. The minimum atomic E-state index is -2.48. The zero-order valence-electron chi connectivity index (χ0n) is 34.8. The number of ketones is 2. The smallest absolute Gasteiger partial charge is 0.329 e. The van der Waals surface area contributed by atoms with E-state index in [4.69, 9.17) is 23.7 Å². The predicted octanol–water partition coefficient (Wildman–Crippen LogP) is 5.44. The Kier molecular flexibility index (Phi) is 16.8. The normalized spacial score (nSPS) is 40.4. The summed E-state index contributed by atoms with van der Waals surface area (Å²) in [7, 11) is 4.66. The highest BCUT2D eigenvalue weighted by molar-refractivity contribution is 6.39. The van der Waals surface area contributed by atoms with Crippen LogP contribution >= 0.6 is 0 Å². The van der Waals surface area contributed by atoms with E-state index < -0.39 is 77.8 Å². The van der Waals surface area contributed by atoms with Crippen LogP contribution in [0.25, 0.3) is 0 Å². The Balaban J connectivity index is 1.78. The van der Waals surface area contributed by atoms with Crippen LogP contribution in [0, 0.1) is 29.6 Å². The molecule has 4 aliphatic rings. The van der Waals surface area contributed by atoms with Crippen molar-refractivity contribution >= 4 is 23.4 Å². The molecule has 3 fully saturated rings. The predicted molar refractivity (Wildman–Crippen MR) is 211 cm³/mol. The maximum atomic E-state index is 14.3. The Morgan fingerprint density at radius 3 is 2.32 bits per heavy atom. The van der Waals surface area contributed by atoms with Crippen molar-refractivity contribution in [1.82, 2.24) is 4.90 Å². The number of carbonyl (C=O) groups is 4. The van der Waals surface area contributed by atoms with E-state index in [0.29, 0.717) is 44.9 Å². The monoisotopic (exact) mass is 785 g/mol. The van der Waals surface area contributed by atoms with Gasteiger partial charge in [0.05, 0.1) is 24.4 Å². The zero-order chi connectivity index (χ0) is 41.3. The van der Waals surface area contributed by atoms with Gasteiger partial charge in [-0.3, -0.25) is 14.4 Å². The molecule has 1 aliphatic carbocycles. The van der Waals surface area contributed by atoms with E-state index in [1.807, 2.05) is 26.8 Å². The molecule has 12 nitrogen and oxygen atoms in total. The van der Waals surface area contributed by atoms with Crippen molar-refractivity contribution in [3.63, 3.8) is 0 Å². The highest BCUT2D eigenvalue weighted by Crippen LogP contribution is 2.39. The second-order valence-electron chi connectivity index (χ2n) is 16.8. The lowest BCUT2D eigenvalue weighted by Gasteiger charge is -2.47. The number of rotatable bonds is 7. The minimum Gasteiger partial charge on any atom is -0.456 e. The number of esters is 1. The second-order valence-corrected chi connectivity index (χ2v) is 16.8. The van der Waals surface area contributed by atoms with Gasteiger partial charge < -0.3 is 38.8 Å². The quantitative estimate of drug-likeness (QED) is 0.192. The van der Waals surface area contributed by atoms with Crippen molar-refractivity contribution < 1.29 is 53.1 Å².